The van der Waals surface area contributed by atoms with Crippen LogP contribution in [-0.4, -0.2) is 27.8 Å². The molecule has 2 heterocycles. The molecule has 1 fully saturated rings. The molecular formula is C13H17N3O3. The van der Waals surface area contributed by atoms with Crippen LogP contribution in [0, 0.1) is 5.92 Å². The number of anilines is 1. The zero-order valence-electron chi connectivity index (χ0n) is 10.8. The first kappa shape index (κ1) is 13.3. The first-order valence-electron chi connectivity index (χ1n) is 6.26. The highest BCUT2D eigenvalue weighted by Gasteiger charge is 2.29. The summed E-state index contributed by atoms with van der Waals surface area (Å²) >= 11 is 0. The van der Waals surface area contributed by atoms with E-state index in [-0.39, 0.29) is 36.4 Å². The van der Waals surface area contributed by atoms with E-state index in [4.69, 9.17) is 5.73 Å². The van der Waals surface area contributed by atoms with Crippen molar-refractivity contribution < 1.29 is 9.59 Å². The molecule has 1 aliphatic heterocycles. The van der Waals surface area contributed by atoms with Gasteiger partial charge in [-0.05, 0) is 12.0 Å². The molecule has 0 spiro atoms. The molecule has 0 radical (unpaired) electrons. The van der Waals surface area contributed by atoms with Crippen LogP contribution in [0.3, 0.4) is 0 Å². The monoisotopic (exact) mass is 263 g/mol. The van der Waals surface area contributed by atoms with E-state index in [1.54, 1.807) is 0 Å². The van der Waals surface area contributed by atoms with Crippen molar-refractivity contribution in [2.24, 2.45) is 5.92 Å². The maximum atomic E-state index is 11.8. The summed E-state index contributed by atoms with van der Waals surface area (Å²) < 4.78 is 1.41. The second-order valence-corrected chi connectivity index (χ2v) is 4.95. The lowest BCUT2D eigenvalue weighted by molar-refractivity contribution is -0.149. The third kappa shape index (κ3) is 3.01. The normalized spacial score (nSPS) is 17.0. The summed E-state index contributed by atoms with van der Waals surface area (Å²) in [4.78, 5) is 36.4. The fourth-order valence-electron chi connectivity index (χ4n) is 2.21. The molecule has 0 saturated carbocycles. The van der Waals surface area contributed by atoms with E-state index >= 15 is 0 Å². The maximum absolute atomic E-state index is 11.8. The van der Waals surface area contributed by atoms with E-state index in [1.807, 2.05) is 6.92 Å². The van der Waals surface area contributed by atoms with Gasteiger partial charge in [-0.2, -0.15) is 0 Å². The Bertz CT molecular complexity index is 546. The van der Waals surface area contributed by atoms with Crippen molar-refractivity contribution in [2.75, 3.05) is 12.3 Å². The predicted molar refractivity (Wildman–Crippen MR) is 70.2 cm³/mol. The Morgan fingerprint density at radius 1 is 1.16 bits per heavy atom. The molecule has 6 nitrogen and oxygen atoms in total. The molecule has 0 atom stereocenters. The molecule has 1 aliphatic rings. The highest BCUT2D eigenvalue weighted by atomic mass is 16.2. The summed E-state index contributed by atoms with van der Waals surface area (Å²) in [7, 11) is 0. The SMILES string of the molecule is CC1CC(=O)N(CCn2cc(N)ccc2=O)C(=O)C1. The Morgan fingerprint density at radius 2 is 1.79 bits per heavy atom. The lowest BCUT2D eigenvalue weighted by atomic mass is 9.98. The molecule has 0 unspecified atom stereocenters. The number of aromatic nitrogens is 1. The molecule has 19 heavy (non-hydrogen) atoms. The number of nitrogens with zero attached hydrogens (tertiary/aromatic N) is 2. The first-order chi connectivity index (χ1) is 8.97. The number of nitrogens with two attached hydrogens (primary N) is 1. The Morgan fingerprint density at radius 3 is 2.42 bits per heavy atom. The van der Waals surface area contributed by atoms with Gasteiger partial charge >= 0.3 is 0 Å². The number of pyridine rings is 1. The van der Waals surface area contributed by atoms with Gasteiger partial charge in [-0.25, -0.2) is 0 Å². The average molecular weight is 263 g/mol. The van der Waals surface area contributed by atoms with Crippen molar-refractivity contribution in [2.45, 2.75) is 26.3 Å². The number of nitrogen functional groups attached to an aromatic ring is 1. The number of rotatable bonds is 3. The van der Waals surface area contributed by atoms with Gasteiger partial charge in [0.25, 0.3) is 5.56 Å². The van der Waals surface area contributed by atoms with Gasteiger partial charge in [0.05, 0.1) is 0 Å². The van der Waals surface area contributed by atoms with E-state index in [1.165, 1.54) is 27.8 Å². The van der Waals surface area contributed by atoms with Crippen molar-refractivity contribution in [1.82, 2.24) is 9.47 Å². The molecule has 102 valence electrons. The van der Waals surface area contributed by atoms with Crippen LogP contribution in [0.5, 0.6) is 0 Å². The summed E-state index contributed by atoms with van der Waals surface area (Å²) in [6.45, 7) is 2.37. The van der Waals surface area contributed by atoms with Crippen molar-refractivity contribution in [3.63, 3.8) is 0 Å². The van der Waals surface area contributed by atoms with Crippen LogP contribution in [0.2, 0.25) is 0 Å². The summed E-state index contributed by atoms with van der Waals surface area (Å²) in [6.07, 6.45) is 2.29. The molecule has 2 amide bonds. The third-order valence-electron chi connectivity index (χ3n) is 3.22. The van der Waals surface area contributed by atoms with Crippen LogP contribution in [-0.2, 0) is 16.1 Å². The van der Waals surface area contributed by atoms with Crippen LogP contribution >= 0.6 is 0 Å². The van der Waals surface area contributed by atoms with Gasteiger partial charge in [-0.1, -0.05) is 6.92 Å². The molecular weight excluding hydrogens is 246 g/mol. The van der Waals surface area contributed by atoms with Gasteiger partial charge in [-0.15, -0.1) is 0 Å². The van der Waals surface area contributed by atoms with Gasteiger partial charge in [0.2, 0.25) is 11.8 Å². The predicted octanol–water partition coefficient (Wildman–Crippen LogP) is 0.216. The standard InChI is InChI=1S/C13H17N3O3/c1-9-6-12(18)16(13(19)7-9)5-4-15-8-10(14)2-3-11(15)17/h2-3,8-9H,4-7,14H2,1H3. The molecule has 1 saturated heterocycles. The van der Waals surface area contributed by atoms with E-state index < -0.39 is 0 Å². The zero-order valence-corrected chi connectivity index (χ0v) is 10.8. The minimum atomic E-state index is -0.195. The van der Waals surface area contributed by atoms with Crippen LogP contribution in [0.25, 0.3) is 0 Å². The minimum absolute atomic E-state index is 0.103. The van der Waals surface area contributed by atoms with Gasteiger partial charge < -0.3 is 10.3 Å². The van der Waals surface area contributed by atoms with E-state index in [9.17, 15) is 14.4 Å². The highest BCUT2D eigenvalue weighted by Crippen LogP contribution is 2.18. The van der Waals surface area contributed by atoms with E-state index in [0.29, 0.717) is 18.5 Å². The number of amides is 2. The van der Waals surface area contributed by atoms with Crippen LogP contribution in [0.1, 0.15) is 19.8 Å². The molecule has 6 heteroatoms. The number of likely N-dealkylation sites (tertiary alicyclic amines) is 1. The Labute approximate surface area is 110 Å². The summed E-state index contributed by atoms with van der Waals surface area (Å²) in [5, 5.41) is 0. The molecule has 0 aliphatic carbocycles. The zero-order chi connectivity index (χ0) is 14.0. The van der Waals surface area contributed by atoms with Crippen LogP contribution < -0.4 is 11.3 Å². The summed E-state index contributed by atoms with van der Waals surface area (Å²) in [5.41, 5.74) is 5.88. The molecule has 2 rings (SSSR count). The maximum Gasteiger partial charge on any atom is 0.250 e. The van der Waals surface area contributed by atoms with Gasteiger partial charge in [0.1, 0.15) is 0 Å². The molecule has 0 bridgehead atoms. The summed E-state index contributed by atoms with van der Waals surface area (Å²) in [6, 6.07) is 2.90. The van der Waals surface area contributed by atoms with Crippen LogP contribution in [0.15, 0.2) is 23.1 Å². The quantitative estimate of drug-likeness (QED) is 0.790. The smallest absolute Gasteiger partial charge is 0.250 e. The lowest BCUT2D eigenvalue weighted by Crippen LogP contribution is -2.44. The van der Waals surface area contributed by atoms with E-state index in [0.717, 1.165) is 0 Å². The van der Waals surface area contributed by atoms with Crippen molar-refractivity contribution in [1.29, 1.82) is 0 Å². The van der Waals surface area contributed by atoms with Gasteiger partial charge in [-0.3, -0.25) is 19.3 Å². The first-order valence-corrected chi connectivity index (χ1v) is 6.26. The van der Waals surface area contributed by atoms with Gasteiger partial charge in [0.15, 0.2) is 0 Å². The van der Waals surface area contributed by atoms with E-state index in [2.05, 4.69) is 0 Å². The minimum Gasteiger partial charge on any atom is -0.398 e. The second-order valence-electron chi connectivity index (χ2n) is 4.95. The molecule has 1 aromatic heterocycles. The number of piperidine rings is 1. The Kier molecular flexibility index (Phi) is 3.69. The van der Waals surface area contributed by atoms with Crippen molar-refractivity contribution in [3.8, 4) is 0 Å². The topological polar surface area (TPSA) is 85.4 Å². The number of hydrogen-bond donors (Lipinski definition) is 1. The number of imide groups is 1. The second kappa shape index (κ2) is 5.26. The molecule has 1 aromatic rings. The Hall–Kier alpha value is -2.11. The largest absolute Gasteiger partial charge is 0.398 e. The number of hydrogen-bond acceptors (Lipinski definition) is 4. The van der Waals surface area contributed by atoms with Crippen molar-refractivity contribution >= 4 is 17.5 Å². The van der Waals surface area contributed by atoms with Gasteiger partial charge in [0, 0.05) is 43.9 Å². The lowest BCUT2D eigenvalue weighted by Gasteiger charge is -2.28. The molecule has 0 aromatic carbocycles. The summed E-state index contributed by atoms with van der Waals surface area (Å²) in [5.74, 6) is -0.229. The third-order valence-corrected chi connectivity index (χ3v) is 3.22. The number of carbonyl (C=O) groups is 2. The Balaban J connectivity index is 2.06. The fourth-order valence-corrected chi connectivity index (χ4v) is 2.21. The van der Waals surface area contributed by atoms with Crippen LogP contribution in [0.4, 0.5) is 5.69 Å². The molecule has 2 N–H and O–H groups in total. The number of carbonyl (C=O) groups excluding carboxylic acids is 2. The average Bonchev–Trinajstić information content (AvgIpc) is 2.32. The van der Waals surface area contributed by atoms with Crippen molar-refractivity contribution in [3.05, 3.63) is 28.7 Å². The highest BCUT2D eigenvalue weighted by molar-refractivity contribution is 5.97. The fraction of sp³-hybridized carbons (Fsp3) is 0.462.